The van der Waals surface area contributed by atoms with E-state index in [0.717, 1.165) is 57.8 Å². The quantitative estimate of drug-likeness (QED) is 0.0986. The Bertz CT molecular complexity index is 500. The Labute approximate surface area is 218 Å². The average Bonchev–Trinajstić information content (AvgIpc) is 2.81. The highest BCUT2D eigenvalue weighted by Crippen LogP contribution is 2.33. The lowest BCUT2D eigenvalue weighted by Gasteiger charge is -2.31. The molecule has 0 saturated heterocycles. The van der Waals surface area contributed by atoms with Gasteiger partial charge in [0, 0.05) is 6.42 Å². The van der Waals surface area contributed by atoms with Crippen LogP contribution in [-0.4, -0.2) is 25.2 Å². The highest BCUT2D eigenvalue weighted by atomic mass is 16.5. The van der Waals surface area contributed by atoms with Crippen molar-refractivity contribution in [1.29, 1.82) is 0 Å². The summed E-state index contributed by atoms with van der Waals surface area (Å²) in [5.41, 5.74) is 0. The third kappa shape index (κ3) is 18.8. The number of rotatable bonds is 24. The zero-order chi connectivity index (χ0) is 26.3. The van der Waals surface area contributed by atoms with Crippen molar-refractivity contribution in [3.8, 4) is 0 Å². The first kappa shape index (κ1) is 33.9. The molecule has 0 aliphatic rings. The number of carbonyl (C=O) groups is 2. The lowest BCUT2D eigenvalue weighted by molar-refractivity contribution is -0.153. The smallest absolute Gasteiger partial charge is 0.309 e. The van der Waals surface area contributed by atoms with Crippen LogP contribution in [0.5, 0.6) is 0 Å². The Morgan fingerprint density at radius 1 is 0.571 bits per heavy atom. The van der Waals surface area contributed by atoms with Gasteiger partial charge in [-0.2, -0.15) is 0 Å². The SMILES string of the molecule is CCCCCOC(=O)CCCCCCCCCCCC(C(C)C)C(C(=O)OCCCCC)C(C)C. The van der Waals surface area contributed by atoms with Crippen LogP contribution < -0.4 is 0 Å². The number of carbonyl (C=O) groups excluding carboxylic acids is 2. The first-order valence-electron chi connectivity index (χ1n) is 15.2. The first-order chi connectivity index (χ1) is 16.8. The van der Waals surface area contributed by atoms with Crippen molar-refractivity contribution < 1.29 is 19.1 Å². The van der Waals surface area contributed by atoms with Gasteiger partial charge >= 0.3 is 11.9 Å². The molecule has 2 unspecified atom stereocenters. The first-order valence-corrected chi connectivity index (χ1v) is 15.2. The molecule has 0 fully saturated rings. The zero-order valence-corrected chi connectivity index (χ0v) is 24.4. The van der Waals surface area contributed by atoms with Gasteiger partial charge in [0.05, 0.1) is 19.1 Å². The second-order valence-corrected chi connectivity index (χ2v) is 11.2. The second kappa shape index (κ2) is 23.3. The predicted molar refractivity (Wildman–Crippen MR) is 148 cm³/mol. The summed E-state index contributed by atoms with van der Waals surface area (Å²) in [6.45, 7) is 14.4. The maximum Gasteiger partial charge on any atom is 0.309 e. The molecule has 0 radical (unpaired) electrons. The van der Waals surface area contributed by atoms with E-state index in [9.17, 15) is 9.59 Å². The Morgan fingerprint density at radius 2 is 1.06 bits per heavy atom. The molecule has 35 heavy (non-hydrogen) atoms. The molecule has 0 aliphatic heterocycles. The van der Waals surface area contributed by atoms with Gasteiger partial charge in [-0.05, 0) is 43.4 Å². The summed E-state index contributed by atoms with van der Waals surface area (Å²) in [5, 5.41) is 0. The number of unbranched alkanes of at least 4 members (excludes halogenated alkanes) is 12. The summed E-state index contributed by atoms with van der Waals surface area (Å²) in [7, 11) is 0. The van der Waals surface area contributed by atoms with Crippen molar-refractivity contribution in [3.63, 3.8) is 0 Å². The summed E-state index contributed by atoms with van der Waals surface area (Å²) in [6.07, 6.45) is 19.1. The lowest BCUT2D eigenvalue weighted by atomic mass is 9.74. The van der Waals surface area contributed by atoms with E-state index in [0.29, 0.717) is 37.4 Å². The molecule has 0 bridgehead atoms. The van der Waals surface area contributed by atoms with Crippen LogP contribution in [0.3, 0.4) is 0 Å². The van der Waals surface area contributed by atoms with Crippen LogP contribution in [-0.2, 0) is 19.1 Å². The van der Waals surface area contributed by atoms with Gasteiger partial charge in [0.25, 0.3) is 0 Å². The summed E-state index contributed by atoms with van der Waals surface area (Å²) in [6, 6.07) is 0. The number of ether oxygens (including phenoxy) is 2. The summed E-state index contributed by atoms with van der Waals surface area (Å²) in [5.74, 6) is 1.25. The van der Waals surface area contributed by atoms with E-state index in [4.69, 9.17) is 9.47 Å². The molecule has 0 N–H and O–H groups in total. The van der Waals surface area contributed by atoms with Gasteiger partial charge in [-0.3, -0.25) is 9.59 Å². The molecule has 4 nitrogen and oxygen atoms in total. The minimum Gasteiger partial charge on any atom is -0.466 e. The fourth-order valence-corrected chi connectivity index (χ4v) is 4.99. The molecule has 2 atom stereocenters. The Morgan fingerprint density at radius 3 is 1.54 bits per heavy atom. The van der Waals surface area contributed by atoms with E-state index in [1.54, 1.807) is 0 Å². The third-order valence-corrected chi connectivity index (χ3v) is 7.23. The summed E-state index contributed by atoms with van der Waals surface area (Å²) in [4.78, 5) is 24.5. The van der Waals surface area contributed by atoms with Crippen LogP contribution in [0.1, 0.15) is 151 Å². The molecule has 0 rings (SSSR count). The predicted octanol–water partition coefficient (Wildman–Crippen LogP) is 9.29. The van der Waals surface area contributed by atoms with E-state index in [1.807, 2.05) is 0 Å². The molecule has 4 heteroatoms. The van der Waals surface area contributed by atoms with Crippen LogP contribution in [0.2, 0.25) is 0 Å². The van der Waals surface area contributed by atoms with E-state index in [-0.39, 0.29) is 17.9 Å². The van der Waals surface area contributed by atoms with Gasteiger partial charge in [0.1, 0.15) is 0 Å². The van der Waals surface area contributed by atoms with Gasteiger partial charge in [-0.15, -0.1) is 0 Å². The minimum absolute atomic E-state index is 0.0187. The molecule has 0 aromatic heterocycles. The van der Waals surface area contributed by atoms with E-state index >= 15 is 0 Å². The Balaban J connectivity index is 3.95. The van der Waals surface area contributed by atoms with Crippen molar-refractivity contribution in [1.82, 2.24) is 0 Å². The lowest BCUT2D eigenvalue weighted by Crippen LogP contribution is -2.33. The molecule has 0 saturated carbocycles. The van der Waals surface area contributed by atoms with Crippen LogP contribution in [0, 0.1) is 23.7 Å². The van der Waals surface area contributed by atoms with Gasteiger partial charge in [0.2, 0.25) is 0 Å². The number of esters is 2. The van der Waals surface area contributed by atoms with Crippen molar-refractivity contribution >= 4 is 11.9 Å². The monoisotopic (exact) mass is 496 g/mol. The molecule has 0 aromatic carbocycles. The highest BCUT2D eigenvalue weighted by Gasteiger charge is 2.33. The Kier molecular flexibility index (Phi) is 22.6. The topological polar surface area (TPSA) is 52.6 Å². The van der Waals surface area contributed by atoms with E-state index in [2.05, 4.69) is 41.5 Å². The van der Waals surface area contributed by atoms with Crippen LogP contribution in [0.15, 0.2) is 0 Å². The normalized spacial score (nSPS) is 13.3. The van der Waals surface area contributed by atoms with Crippen molar-refractivity contribution in [3.05, 3.63) is 0 Å². The summed E-state index contributed by atoms with van der Waals surface area (Å²) < 4.78 is 10.9. The number of hydrogen-bond acceptors (Lipinski definition) is 4. The molecule has 0 aliphatic carbocycles. The average molecular weight is 497 g/mol. The largest absolute Gasteiger partial charge is 0.466 e. The van der Waals surface area contributed by atoms with Gasteiger partial charge in [-0.1, -0.05) is 119 Å². The molecular weight excluding hydrogens is 436 g/mol. The van der Waals surface area contributed by atoms with Crippen molar-refractivity contribution in [2.45, 2.75) is 151 Å². The maximum atomic E-state index is 12.8. The number of hydrogen-bond donors (Lipinski definition) is 0. The molecule has 0 spiro atoms. The van der Waals surface area contributed by atoms with E-state index in [1.165, 1.54) is 44.9 Å². The third-order valence-electron chi connectivity index (χ3n) is 7.23. The fraction of sp³-hybridized carbons (Fsp3) is 0.935. The highest BCUT2D eigenvalue weighted by molar-refractivity contribution is 5.73. The standard InChI is InChI=1S/C31H60O4/c1-7-9-20-24-34-29(32)23-19-17-15-13-11-12-14-16-18-22-28(26(3)4)30(27(5)6)31(33)35-25-21-10-8-2/h26-28,30H,7-25H2,1-6H3. The fourth-order valence-electron chi connectivity index (χ4n) is 4.99. The molecule has 0 aromatic rings. The van der Waals surface area contributed by atoms with Crippen LogP contribution >= 0.6 is 0 Å². The van der Waals surface area contributed by atoms with Crippen molar-refractivity contribution in [2.75, 3.05) is 13.2 Å². The van der Waals surface area contributed by atoms with Crippen molar-refractivity contribution in [2.24, 2.45) is 23.7 Å². The Hall–Kier alpha value is -1.06. The molecular formula is C31H60O4. The minimum atomic E-state index is -0.0229. The van der Waals surface area contributed by atoms with Gasteiger partial charge in [-0.25, -0.2) is 0 Å². The molecule has 208 valence electrons. The van der Waals surface area contributed by atoms with Gasteiger partial charge < -0.3 is 9.47 Å². The van der Waals surface area contributed by atoms with Crippen LogP contribution in [0.25, 0.3) is 0 Å². The van der Waals surface area contributed by atoms with E-state index < -0.39 is 0 Å². The summed E-state index contributed by atoms with van der Waals surface area (Å²) >= 11 is 0. The molecule has 0 amide bonds. The zero-order valence-electron chi connectivity index (χ0n) is 24.4. The van der Waals surface area contributed by atoms with Crippen LogP contribution in [0.4, 0.5) is 0 Å². The van der Waals surface area contributed by atoms with Gasteiger partial charge in [0.15, 0.2) is 0 Å². The second-order valence-electron chi connectivity index (χ2n) is 11.2. The maximum absolute atomic E-state index is 12.8. The molecule has 0 heterocycles.